The molecule has 0 amide bonds. The molecule has 122 valence electrons. The van der Waals surface area contributed by atoms with E-state index in [9.17, 15) is 15.4 Å². The van der Waals surface area contributed by atoms with Crippen molar-refractivity contribution < 1.29 is 9.66 Å². The Balaban J connectivity index is 2.23. The van der Waals surface area contributed by atoms with Crippen LogP contribution in [0, 0.1) is 27.4 Å². The number of ether oxygens (including phenoxy) is 1. The Hall–Kier alpha value is -3.13. The first kappa shape index (κ1) is 17.2. The van der Waals surface area contributed by atoms with E-state index in [1.54, 1.807) is 18.2 Å². The van der Waals surface area contributed by atoms with Crippen molar-refractivity contribution in [2.75, 3.05) is 6.61 Å². The Morgan fingerprint density at radius 3 is 2.58 bits per heavy atom. The zero-order valence-electron chi connectivity index (χ0n) is 13.6. The SMILES string of the molecule is CC(C)COc1ccc(/C=C(/C#N)c2cccc([N+](=O)[O-])c2)cc1. The molecule has 0 saturated carbocycles. The Kier molecular flexibility index (Phi) is 5.69. The van der Waals surface area contributed by atoms with E-state index in [2.05, 4.69) is 19.9 Å². The number of nitro benzene ring substituents is 1. The van der Waals surface area contributed by atoms with Gasteiger partial charge in [0.2, 0.25) is 0 Å². The number of hydrogen-bond acceptors (Lipinski definition) is 4. The third-order valence-corrected chi connectivity index (χ3v) is 3.26. The van der Waals surface area contributed by atoms with E-state index in [0.29, 0.717) is 23.7 Å². The molecular weight excluding hydrogens is 304 g/mol. The maximum atomic E-state index is 10.9. The van der Waals surface area contributed by atoms with Crippen LogP contribution in [0.3, 0.4) is 0 Å². The number of rotatable bonds is 6. The number of benzene rings is 2. The molecule has 2 aromatic rings. The minimum Gasteiger partial charge on any atom is -0.493 e. The van der Waals surface area contributed by atoms with Crippen LogP contribution in [0.5, 0.6) is 5.75 Å². The summed E-state index contributed by atoms with van der Waals surface area (Å²) in [6.07, 6.45) is 1.70. The number of nitriles is 1. The second-order valence-corrected chi connectivity index (χ2v) is 5.75. The van der Waals surface area contributed by atoms with Crippen molar-refractivity contribution in [2.24, 2.45) is 5.92 Å². The van der Waals surface area contributed by atoms with Crippen LogP contribution in [0.4, 0.5) is 5.69 Å². The van der Waals surface area contributed by atoms with Crippen LogP contribution in [-0.2, 0) is 0 Å². The van der Waals surface area contributed by atoms with Crippen molar-refractivity contribution in [3.63, 3.8) is 0 Å². The normalized spacial score (nSPS) is 11.2. The summed E-state index contributed by atoms with van der Waals surface area (Å²) in [5.74, 6) is 1.22. The molecule has 0 saturated heterocycles. The molecule has 0 N–H and O–H groups in total. The average molecular weight is 322 g/mol. The van der Waals surface area contributed by atoms with Gasteiger partial charge in [-0.1, -0.05) is 38.1 Å². The van der Waals surface area contributed by atoms with Crippen LogP contribution in [0.25, 0.3) is 11.6 Å². The molecule has 0 aromatic heterocycles. The van der Waals surface area contributed by atoms with Gasteiger partial charge in [-0.3, -0.25) is 10.1 Å². The summed E-state index contributed by atoms with van der Waals surface area (Å²) < 4.78 is 5.62. The van der Waals surface area contributed by atoms with Gasteiger partial charge in [-0.2, -0.15) is 5.26 Å². The van der Waals surface area contributed by atoms with Gasteiger partial charge in [0, 0.05) is 12.1 Å². The zero-order chi connectivity index (χ0) is 17.5. The van der Waals surface area contributed by atoms with Gasteiger partial charge in [-0.25, -0.2) is 0 Å². The van der Waals surface area contributed by atoms with Crippen molar-refractivity contribution in [3.8, 4) is 11.8 Å². The van der Waals surface area contributed by atoms with E-state index in [4.69, 9.17) is 4.74 Å². The van der Waals surface area contributed by atoms with Gasteiger partial charge in [-0.15, -0.1) is 0 Å². The minimum atomic E-state index is -0.473. The van der Waals surface area contributed by atoms with Gasteiger partial charge in [-0.05, 0) is 35.3 Å². The predicted molar refractivity (Wildman–Crippen MR) is 93.4 cm³/mol. The van der Waals surface area contributed by atoms with E-state index in [0.717, 1.165) is 11.3 Å². The lowest BCUT2D eigenvalue weighted by Gasteiger charge is -2.08. The summed E-state index contributed by atoms with van der Waals surface area (Å²) in [7, 11) is 0. The fourth-order valence-corrected chi connectivity index (χ4v) is 2.06. The molecule has 0 atom stereocenters. The summed E-state index contributed by atoms with van der Waals surface area (Å²) in [6.45, 7) is 4.80. The maximum absolute atomic E-state index is 10.9. The summed E-state index contributed by atoms with van der Waals surface area (Å²) in [5.41, 5.74) is 1.68. The molecule has 0 fully saturated rings. The van der Waals surface area contributed by atoms with Crippen molar-refractivity contribution in [1.82, 2.24) is 0 Å². The van der Waals surface area contributed by atoms with Gasteiger partial charge >= 0.3 is 0 Å². The van der Waals surface area contributed by atoms with E-state index in [1.807, 2.05) is 24.3 Å². The Bertz CT molecular complexity index is 787. The second kappa shape index (κ2) is 7.93. The van der Waals surface area contributed by atoms with Crippen LogP contribution >= 0.6 is 0 Å². The molecule has 0 aliphatic heterocycles. The summed E-state index contributed by atoms with van der Waals surface area (Å²) in [6, 6.07) is 15.5. The van der Waals surface area contributed by atoms with Crippen LogP contribution in [0.15, 0.2) is 48.5 Å². The third kappa shape index (κ3) is 4.68. The van der Waals surface area contributed by atoms with Crippen LogP contribution in [0.1, 0.15) is 25.0 Å². The van der Waals surface area contributed by atoms with E-state index in [-0.39, 0.29) is 5.69 Å². The molecule has 0 unspecified atom stereocenters. The van der Waals surface area contributed by atoms with Gasteiger partial charge in [0.05, 0.1) is 23.2 Å². The average Bonchev–Trinajstić information content (AvgIpc) is 2.59. The first-order valence-corrected chi connectivity index (χ1v) is 7.59. The van der Waals surface area contributed by atoms with Crippen molar-refractivity contribution in [1.29, 1.82) is 5.26 Å². The van der Waals surface area contributed by atoms with Crippen molar-refractivity contribution in [3.05, 3.63) is 69.8 Å². The molecule has 0 aliphatic rings. The molecule has 0 bridgehead atoms. The lowest BCUT2D eigenvalue weighted by Crippen LogP contribution is -2.04. The Labute approximate surface area is 141 Å². The van der Waals surface area contributed by atoms with Gasteiger partial charge in [0.15, 0.2) is 0 Å². The van der Waals surface area contributed by atoms with Crippen molar-refractivity contribution >= 4 is 17.3 Å². The molecule has 0 aliphatic carbocycles. The number of allylic oxidation sites excluding steroid dienone is 1. The number of nitro groups is 1. The molecule has 2 aromatic carbocycles. The van der Waals surface area contributed by atoms with E-state index in [1.165, 1.54) is 12.1 Å². The number of hydrogen-bond donors (Lipinski definition) is 0. The Morgan fingerprint density at radius 2 is 2.00 bits per heavy atom. The smallest absolute Gasteiger partial charge is 0.270 e. The van der Waals surface area contributed by atoms with Crippen LogP contribution in [-0.4, -0.2) is 11.5 Å². The highest BCUT2D eigenvalue weighted by Crippen LogP contribution is 2.23. The lowest BCUT2D eigenvalue weighted by atomic mass is 10.0. The van der Waals surface area contributed by atoms with Gasteiger partial charge in [0.25, 0.3) is 5.69 Å². The largest absolute Gasteiger partial charge is 0.493 e. The van der Waals surface area contributed by atoms with E-state index >= 15 is 0 Å². The van der Waals surface area contributed by atoms with Gasteiger partial charge < -0.3 is 4.74 Å². The van der Waals surface area contributed by atoms with E-state index < -0.39 is 4.92 Å². The van der Waals surface area contributed by atoms with Crippen LogP contribution in [0.2, 0.25) is 0 Å². The molecule has 5 nitrogen and oxygen atoms in total. The van der Waals surface area contributed by atoms with Gasteiger partial charge in [0.1, 0.15) is 5.75 Å². The third-order valence-electron chi connectivity index (χ3n) is 3.26. The van der Waals surface area contributed by atoms with Crippen molar-refractivity contribution in [2.45, 2.75) is 13.8 Å². The molecule has 5 heteroatoms. The first-order valence-electron chi connectivity index (χ1n) is 7.59. The fourth-order valence-electron chi connectivity index (χ4n) is 2.06. The lowest BCUT2D eigenvalue weighted by molar-refractivity contribution is -0.384. The number of nitrogens with zero attached hydrogens (tertiary/aromatic N) is 2. The number of non-ortho nitro benzene ring substituents is 1. The minimum absolute atomic E-state index is 0.0360. The highest BCUT2D eigenvalue weighted by molar-refractivity contribution is 5.90. The van der Waals surface area contributed by atoms with Crippen LogP contribution < -0.4 is 4.74 Å². The maximum Gasteiger partial charge on any atom is 0.270 e. The molecule has 0 radical (unpaired) electrons. The highest BCUT2D eigenvalue weighted by Gasteiger charge is 2.09. The first-order chi connectivity index (χ1) is 11.5. The predicted octanol–water partition coefficient (Wildman–Crippen LogP) is 4.69. The zero-order valence-corrected chi connectivity index (χ0v) is 13.6. The summed E-state index contributed by atoms with van der Waals surface area (Å²) in [4.78, 5) is 10.4. The summed E-state index contributed by atoms with van der Waals surface area (Å²) in [5, 5.41) is 20.2. The molecular formula is C19H18N2O3. The topological polar surface area (TPSA) is 76.2 Å². The summed E-state index contributed by atoms with van der Waals surface area (Å²) >= 11 is 0. The standard InChI is InChI=1S/C19H18N2O3/c1-14(2)13-24-19-8-6-15(7-9-19)10-17(12-20)16-4-3-5-18(11-16)21(22)23/h3-11,14H,13H2,1-2H3/b17-10-. The monoisotopic (exact) mass is 322 g/mol. The quantitative estimate of drug-likeness (QED) is 0.334. The molecule has 0 spiro atoms. The molecule has 24 heavy (non-hydrogen) atoms. The fraction of sp³-hybridized carbons (Fsp3) is 0.211. The molecule has 2 rings (SSSR count). The molecule has 0 heterocycles. The highest BCUT2D eigenvalue weighted by atomic mass is 16.6. The Morgan fingerprint density at radius 1 is 1.29 bits per heavy atom. The second-order valence-electron chi connectivity index (χ2n) is 5.75.